The molecule has 0 spiro atoms. The van der Waals surface area contributed by atoms with Crippen molar-refractivity contribution in [2.75, 3.05) is 26.2 Å². The van der Waals surface area contributed by atoms with Gasteiger partial charge in [-0.2, -0.15) is 0 Å². The van der Waals surface area contributed by atoms with E-state index < -0.39 is 0 Å². The summed E-state index contributed by atoms with van der Waals surface area (Å²) in [5.74, 6) is 0.937. The molecule has 0 radical (unpaired) electrons. The molecule has 0 saturated carbocycles. The van der Waals surface area contributed by atoms with Crippen LogP contribution in [0, 0.1) is 5.92 Å². The smallest absolute Gasteiger partial charge is 0.115 e. The molecular weight excluding hydrogens is 394 g/mol. The fourth-order valence-corrected chi connectivity index (χ4v) is 5.65. The van der Waals surface area contributed by atoms with Crippen LogP contribution in [0.5, 0.6) is 5.75 Å². The predicted molar refractivity (Wildman–Crippen MR) is 130 cm³/mol. The molecule has 166 valence electrons. The van der Waals surface area contributed by atoms with E-state index in [4.69, 9.17) is 0 Å². The van der Waals surface area contributed by atoms with E-state index in [1.165, 1.54) is 22.3 Å². The molecule has 32 heavy (non-hydrogen) atoms. The molecule has 3 heterocycles. The van der Waals surface area contributed by atoms with Gasteiger partial charge in [-0.1, -0.05) is 50.2 Å². The largest absolute Gasteiger partial charge is 0.508 e. The van der Waals surface area contributed by atoms with Gasteiger partial charge in [0.15, 0.2) is 0 Å². The third-order valence-corrected chi connectivity index (χ3v) is 7.82. The van der Waals surface area contributed by atoms with Crippen molar-refractivity contribution in [3.05, 3.63) is 84.2 Å². The highest BCUT2D eigenvalue weighted by atomic mass is 16.3. The van der Waals surface area contributed by atoms with Crippen LogP contribution < -0.4 is 0 Å². The van der Waals surface area contributed by atoms with Crippen LogP contribution in [0.2, 0.25) is 0 Å². The average Bonchev–Trinajstić information content (AvgIpc) is 2.81. The summed E-state index contributed by atoms with van der Waals surface area (Å²) in [6.45, 7) is 10.3. The SMILES string of the molecule is CC1CN2CCN(Cc3ccc(-c4ccncc4)cc3)CC2C[C@@]1(C)c1cccc(O)c1. The van der Waals surface area contributed by atoms with E-state index in [9.17, 15) is 5.11 Å². The number of hydrogen-bond acceptors (Lipinski definition) is 4. The topological polar surface area (TPSA) is 39.6 Å². The molecule has 2 aliphatic heterocycles. The van der Waals surface area contributed by atoms with Gasteiger partial charge in [-0.25, -0.2) is 0 Å². The van der Waals surface area contributed by atoms with Gasteiger partial charge in [0.1, 0.15) is 5.75 Å². The summed E-state index contributed by atoms with van der Waals surface area (Å²) in [6, 6.07) is 21.6. The number of aromatic nitrogens is 1. The maximum Gasteiger partial charge on any atom is 0.115 e. The Morgan fingerprint density at radius 2 is 1.72 bits per heavy atom. The maximum atomic E-state index is 10.1. The molecule has 3 atom stereocenters. The zero-order valence-corrected chi connectivity index (χ0v) is 19.1. The molecule has 3 aromatic rings. The van der Waals surface area contributed by atoms with Crippen molar-refractivity contribution in [1.29, 1.82) is 0 Å². The van der Waals surface area contributed by atoms with Crippen molar-refractivity contribution in [2.45, 2.75) is 38.3 Å². The first-order valence-corrected chi connectivity index (χ1v) is 11.8. The summed E-state index contributed by atoms with van der Waals surface area (Å²) in [6.07, 6.45) is 4.83. The number of benzene rings is 2. The quantitative estimate of drug-likeness (QED) is 0.640. The van der Waals surface area contributed by atoms with Gasteiger partial charge in [0.2, 0.25) is 0 Å². The van der Waals surface area contributed by atoms with Crippen molar-refractivity contribution in [2.24, 2.45) is 5.92 Å². The van der Waals surface area contributed by atoms with Crippen LogP contribution in [0.25, 0.3) is 11.1 Å². The van der Waals surface area contributed by atoms with Crippen LogP contribution in [0.4, 0.5) is 0 Å². The van der Waals surface area contributed by atoms with Crippen LogP contribution in [0.15, 0.2) is 73.1 Å². The van der Waals surface area contributed by atoms with E-state index in [1.807, 2.05) is 24.5 Å². The first-order valence-electron chi connectivity index (χ1n) is 11.8. The van der Waals surface area contributed by atoms with Gasteiger partial charge in [-0.3, -0.25) is 14.8 Å². The van der Waals surface area contributed by atoms with Gasteiger partial charge in [0.05, 0.1) is 0 Å². The molecule has 0 aliphatic carbocycles. The van der Waals surface area contributed by atoms with E-state index >= 15 is 0 Å². The Morgan fingerprint density at radius 3 is 2.47 bits per heavy atom. The highest BCUT2D eigenvalue weighted by Crippen LogP contribution is 2.43. The Labute approximate surface area is 191 Å². The fourth-order valence-electron chi connectivity index (χ4n) is 5.65. The molecule has 5 rings (SSSR count). The highest BCUT2D eigenvalue weighted by molar-refractivity contribution is 5.62. The van der Waals surface area contributed by atoms with Crippen molar-refractivity contribution in [3.63, 3.8) is 0 Å². The monoisotopic (exact) mass is 427 g/mol. The van der Waals surface area contributed by atoms with Crippen LogP contribution >= 0.6 is 0 Å². The Kier molecular flexibility index (Phi) is 5.75. The van der Waals surface area contributed by atoms with E-state index in [-0.39, 0.29) is 5.41 Å². The van der Waals surface area contributed by atoms with Gasteiger partial charge in [0.25, 0.3) is 0 Å². The summed E-state index contributed by atoms with van der Waals surface area (Å²) >= 11 is 0. The number of piperazine rings is 1. The zero-order valence-electron chi connectivity index (χ0n) is 19.1. The molecule has 2 fully saturated rings. The zero-order chi connectivity index (χ0) is 22.1. The third-order valence-electron chi connectivity index (χ3n) is 7.82. The predicted octanol–water partition coefficient (Wildman–Crippen LogP) is 4.94. The van der Waals surface area contributed by atoms with Gasteiger partial charge >= 0.3 is 0 Å². The molecule has 2 aromatic carbocycles. The number of pyridine rings is 1. The van der Waals surface area contributed by atoms with Gasteiger partial charge < -0.3 is 5.11 Å². The number of fused-ring (bicyclic) bond motifs is 1. The second kappa shape index (κ2) is 8.68. The van der Waals surface area contributed by atoms with Crippen molar-refractivity contribution in [3.8, 4) is 16.9 Å². The molecule has 4 heteroatoms. The summed E-state index contributed by atoms with van der Waals surface area (Å²) in [5, 5.41) is 10.1. The fraction of sp³-hybridized carbons (Fsp3) is 0.393. The van der Waals surface area contributed by atoms with Crippen LogP contribution in [-0.2, 0) is 12.0 Å². The average molecular weight is 428 g/mol. The first kappa shape index (κ1) is 21.2. The summed E-state index contributed by atoms with van der Waals surface area (Å²) < 4.78 is 0. The van der Waals surface area contributed by atoms with E-state index in [2.05, 4.69) is 71.1 Å². The number of rotatable bonds is 4. The van der Waals surface area contributed by atoms with Gasteiger partial charge in [-0.05, 0) is 64.3 Å². The Bertz CT molecular complexity index is 1050. The maximum absolute atomic E-state index is 10.1. The van der Waals surface area contributed by atoms with Gasteiger partial charge in [-0.15, -0.1) is 0 Å². The second-order valence-electron chi connectivity index (χ2n) is 9.89. The van der Waals surface area contributed by atoms with Gasteiger partial charge in [0, 0.05) is 51.2 Å². The molecule has 0 bridgehead atoms. The first-order chi connectivity index (χ1) is 15.5. The van der Waals surface area contributed by atoms with Crippen molar-refractivity contribution >= 4 is 0 Å². The molecule has 0 amide bonds. The lowest BCUT2D eigenvalue weighted by Crippen LogP contribution is -2.60. The van der Waals surface area contributed by atoms with Crippen molar-refractivity contribution < 1.29 is 5.11 Å². The summed E-state index contributed by atoms with van der Waals surface area (Å²) in [7, 11) is 0. The Morgan fingerprint density at radius 1 is 0.969 bits per heavy atom. The van der Waals surface area contributed by atoms with Crippen LogP contribution in [0.1, 0.15) is 31.4 Å². The lowest BCUT2D eigenvalue weighted by molar-refractivity contribution is -0.00557. The minimum atomic E-state index is 0.0924. The lowest BCUT2D eigenvalue weighted by atomic mass is 9.65. The van der Waals surface area contributed by atoms with E-state index in [1.54, 1.807) is 6.07 Å². The number of phenols is 1. The highest BCUT2D eigenvalue weighted by Gasteiger charge is 2.44. The number of aromatic hydroxyl groups is 1. The third kappa shape index (κ3) is 4.17. The minimum absolute atomic E-state index is 0.0924. The molecule has 2 unspecified atom stereocenters. The van der Waals surface area contributed by atoms with Crippen LogP contribution in [0.3, 0.4) is 0 Å². The standard InChI is InChI=1S/C28H33N3O/c1-21-18-31-15-14-30(19-22-6-8-23(9-7-22)24-10-12-29-13-11-24)20-26(31)17-28(21,2)25-4-3-5-27(32)16-25/h3-13,16,21,26,32H,14-15,17-20H2,1-2H3/t21?,26?,28-/m1/s1. The van der Waals surface area contributed by atoms with Crippen LogP contribution in [-0.4, -0.2) is 52.1 Å². The van der Waals surface area contributed by atoms with Crippen molar-refractivity contribution in [1.82, 2.24) is 14.8 Å². The minimum Gasteiger partial charge on any atom is -0.508 e. The number of nitrogens with zero attached hydrogens (tertiary/aromatic N) is 3. The Balaban J connectivity index is 1.27. The number of hydrogen-bond donors (Lipinski definition) is 1. The summed E-state index contributed by atoms with van der Waals surface area (Å²) in [4.78, 5) is 9.42. The molecule has 2 saturated heterocycles. The molecule has 1 N–H and O–H groups in total. The molecule has 2 aliphatic rings. The number of piperidine rings is 1. The second-order valence-corrected chi connectivity index (χ2v) is 9.89. The molecule has 1 aromatic heterocycles. The summed E-state index contributed by atoms with van der Waals surface area (Å²) in [5.41, 5.74) is 5.19. The van der Waals surface area contributed by atoms with E-state index in [0.29, 0.717) is 17.7 Å². The molecular formula is C28H33N3O. The van der Waals surface area contributed by atoms with E-state index in [0.717, 1.165) is 39.1 Å². The number of phenolic OH excluding ortho intramolecular Hbond substituents is 1. The Hall–Kier alpha value is -2.69. The lowest BCUT2D eigenvalue weighted by Gasteiger charge is -2.53. The normalized spacial score (nSPS) is 26.6. The molecule has 4 nitrogen and oxygen atoms in total.